The van der Waals surface area contributed by atoms with Crippen LogP contribution < -0.4 is 5.56 Å². The van der Waals surface area contributed by atoms with Crippen molar-refractivity contribution < 1.29 is 0 Å². The van der Waals surface area contributed by atoms with Gasteiger partial charge >= 0.3 is 0 Å². The molecule has 0 atom stereocenters. The molecule has 7 aromatic rings. The van der Waals surface area contributed by atoms with E-state index in [2.05, 4.69) is 36.4 Å². The predicted octanol–water partition coefficient (Wildman–Crippen LogP) is 6.47. The van der Waals surface area contributed by atoms with Crippen molar-refractivity contribution in [2.75, 3.05) is 0 Å². The quantitative estimate of drug-likeness (QED) is 0.295. The van der Waals surface area contributed by atoms with E-state index in [0.29, 0.717) is 5.82 Å². The fraction of sp³-hybridized carbons (Fsp3) is 0. The molecule has 4 heteroatoms. The van der Waals surface area contributed by atoms with Crippen molar-refractivity contribution in [2.45, 2.75) is 0 Å². The van der Waals surface area contributed by atoms with Crippen LogP contribution in [0.25, 0.3) is 58.8 Å². The first kappa shape index (κ1) is 16.1. The van der Waals surface area contributed by atoms with Crippen molar-refractivity contribution in [2.24, 2.45) is 0 Å². The Bertz CT molecular complexity index is 1810. The summed E-state index contributed by atoms with van der Waals surface area (Å²) in [6.45, 7) is 0. The van der Waals surface area contributed by atoms with E-state index in [4.69, 9.17) is 4.98 Å². The molecule has 0 spiro atoms. The number of aromatic nitrogens is 2. The van der Waals surface area contributed by atoms with Crippen LogP contribution in [0.5, 0.6) is 0 Å². The normalized spacial score (nSPS) is 12.1. The first-order valence-corrected chi connectivity index (χ1v) is 10.7. The maximum atomic E-state index is 13.6. The molecule has 30 heavy (non-hydrogen) atoms. The zero-order valence-electron chi connectivity index (χ0n) is 15.8. The van der Waals surface area contributed by atoms with Crippen LogP contribution in [-0.4, -0.2) is 9.38 Å². The number of imidazole rings is 1. The van der Waals surface area contributed by atoms with E-state index in [0.717, 1.165) is 32.8 Å². The molecule has 140 valence electrons. The highest BCUT2D eigenvalue weighted by Crippen LogP contribution is 2.43. The Morgan fingerprint density at radius 1 is 0.700 bits per heavy atom. The molecular formula is C26H14N2OS. The van der Waals surface area contributed by atoms with Crippen LogP contribution in [0.3, 0.4) is 0 Å². The maximum Gasteiger partial charge on any atom is 0.264 e. The Morgan fingerprint density at radius 2 is 1.40 bits per heavy atom. The lowest BCUT2D eigenvalue weighted by molar-refractivity contribution is 1.13. The SMILES string of the molecule is O=c1c2ccccc2c2c3c(cc4nc(-c5ccccc5)n1c42)sc1ccccc13. The summed E-state index contributed by atoms with van der Waals surface area (Å²) in [4.78, 5) is 18.6. The number of pyridine rings is 1. The number of thiophene rings is 1. The molecule has 0 fully saturated rings. The van der Waals surface area contributed by atoms with Gasteiger partial charge in [-0.2, -0.15) is 0 Å². The van der Waals surface area contributed by atoms with Crippen LogP contribution in [0.2, 0.25) is 0 Å². The molecule has 0 aliphatic rings. The first-order chi connectivity index (χ1) is 14.8. The van der Waals surface area contributed by atoms with Crippen LogP contribution in [0.15, 0.2) is 89.7 Å². The molecular weight excluding hydrogens is 388 g/mol. The van der Waals surface area contributed by atoms with Crippen molar-refractivity contribution in [1.82, 2.24) is 9.38 Å². The minimum atomic E-state index is -0.0154. The molecule has 3 aromatic heterocycles. The Labute approximate surface area is 174 Å². The van der Waals surface area contributed by atoms with Crippen LogP contribution in [0.4, 0.5) is 0 Å². The molecule has 0 aliphatic carbocycles. The molecule has 3 nitrogen and oxygen atoms in total. The summed E-state index contributed by atoms with van der Waals surface area (Å²) < 4.78 is 4.27. The number of rotatable bonds is 1. The molecule has 3 heterocycles. The Morgan fingerprint density at radius 3 is 2.23 bits per heavy atom. The first-order valence-electron chi connectivity index (χ1n) is 9.87. The van der Waals surface area contributed by atoms with Crippen LogP contribution in [-0.2, 0) is 0 Å². The third-order valence-electron chi connectivity index (χ3n) is 5.94. The molecule has 0 N–H and O–H groups in total. The fourth-order valence-electron chi connectivity index (χ4n) is 4.69. The predicted molar refractivity (Wildman–Crippen MR) is 126 cm³/mol. The summed E-state index contributed by atoms with van der Waals surface area (Å²) in [6.07, 6.45) is 0. The topological polar surface area (TPSA) is 34.4 Å². The smallest absolute Gasteiger partial charge is 0.264 e. The van der Waals surface area contributed by atoms with Gasteiger partial charge in [0.05, 0.1) is 11.0 Å². The average Bonchev–Trinajstić information content (AvgIpc) is 3.36. The van der Waals surface area contributed by atoms with E-state index in [1.807, 2.05) is 52.9 Å². The highest BCUT2D eigenvalue weighted by Gasteiger charge is 2.22. The lowest BCUT2D eigenvalue weighted by atomic mass is 10.0. The summed E-state index contributed by atoms with van der Waals surface area (Å²) in [5.74, 6) is 0.702. The van der Waals surface area contributed by atoms with Gasteiger partial charge in [0.2, 0.25) is 0 Å². The second-order valence-electron chi connectivity index (χ2n) is 7.58. The molecule has 7 rings (SSSR count). The van der Waals surface area contributed by atoms with Crippen molar-refractivity contribution in [3.8, 4) is 11.4 Å². The van der Waals surface area contributed by atoms with Gasteiger partial charge in [0.1, 0.15) is 5.82 Å². The third kappa shape index (κ3) is 1.94. The number of benzene rings is 4. The Balaban J connectivity index is 1.85. The minimum absolute atomic E-state index is 0.0154. The van der Waals surface area contributed by atoms with Gasteiger partial charge in [-0.15, -0.1) is 11.3 Å². The van der Waals surface area contributed by atoms with Crippen LogP contribution in [0.1, 0.15) is 0 Å². The summed E-state index contributed by atoms with van der Waals surface area (Å²) in [6, 6.07) is 28.5. The molecule has 0 radical (unpaired) electrons. The average molecular weight is 402 g/mol. The van der Waals surface area contributed by atoms with Gasteiger partial charge in [-0.25, -0.2) is 4.98 Å². The van der Waals surface area contributed by atoms with E-state index in [1.165, 1.54) is 20.2 Å². The van der Waals surface area contributed by atoms with E-state index in [-0.39, 0.29) is 5.56 Å². The summed E-state index contributed by atoms with van der Waals surface area (Å²) in [7, 11) is 0. The van der Waals surface area contributed by atoms with Crippen molar-refractivity contribution >= 4 is 58.7 Å². The number of nitrogens with zero attached hydrogens (tertiary/aromatic N) is 2. The number of hydrogen-bond donors (Lipinski definition) is 0. The van der Waals surface area contributed by atoms with Gasteiger partial charge in [0.15, 0.2) is 0 Å². The highest BCUT2D eigenvalue weighted by atomic mass is 32.1. The van der Waals surface area contributed by atoms with Gasteiger partial charge < -0.3 is 0 Å². The monoisotopic (exact) mass is 402 g/mol. The van der Waals surface area contributed by atoms with E-state index < -0.39 is 0 Å². The molecule has 4 aromatic carbocycles. The summed E-state index contributed by atoms with van der Waals surface area (Å²) >= 11 is 1.78. The number of hydrogen-bond acceptors (Lipinski definition) is 3. The standard InChI is InChI=1S/C26H14N2OS/c29-26-17-11-5-4-10-16(17)23-22-18-12-6-7-13-20(18)30-21(22)14-19-24(23)28(26)25(27-19)15-8-2-1-3-9-15/h1-14H. The minimum Gasteiger partial charge on any atom is -0.268 e. The maximum absolute atomic E-state index is 13.6. The second kappa shape index (κ2) is 5.65. The molecule has 0 bridgehead atoms. The van der Waals surface area contributed by atoms with E-state index >= 15 is 0 Å². The molecule has 0 amide bonds. The summed E-state index contributed by atoms with van der Waals surface area (Å²) in [5, 5.41) is 5.28. The van der Waals surface area contributed by atoms with Gasteiger partial charge in [-0.05, 0) is 23.6 Å². The fourth-order valence-corrected chi connectivity index (χ4v) is 5.84. The van der Waals surface area contributed by atoms with Crippen molar-refractivity contribution in [3.05, 3.63) is 95.3 Å². The van der Waals surface area contributed by atoms with Crippen LogP contribution in [0, 0.1) is 0 Å². The third-order valence-corrected chi connectivity index (χ3v) is 7.06. The second-order valence-corrected chi connectivity index (χ2v) is 8.66. The van der Waals surface area contributed by atoms with Gasteiger partial charge in [-0.1, -0.05) is 66.7 Å². The van der Waals surface area contributed by atoms with Gasteiger partial charge in [0, 0.05) is 36.5 Å². The summed E-state index contributed by atoms with van der Waals surface area (Å²) in [5.41, 5.74) is 2.71. The Hall–Kier alpha value is -3.76. The highest BCUT2D eigenvalue weighted by molar-refractivity contribution is 7.26. The Kier molecular flexibility index (Phi) is 3.03. The lowest BCUT2D eigenvalue weighted by Crippen LogP contribution is -2.14. The zero-order chi connectivity index (χ0) is 19.8. The molecule has 0 saturated carbocycles. The van der Waals surface area contributed by atoms with E-state index in [1.54, 1.807) is 11.3 Å². The molecule has 0 aliphatic heterocycles. The van der Waals surface area contributed by atoms with Gasteiger partial charge in [0.25, 0.3) is 5.56 Å². The van der Waals surface area contributed by atoms with Gasteiger partial charge in [-0.3, -0.25) is 9.20 Å². The lowest BCUT2D eigenvalue weighted by Gasteiger charge is -2.08. The van der Waals surface area contributed by atoms with Crippen molar-refractivity contribution in [1.29, 1.82) is 0 Å². The molecule has 0 saturated heterocycles. The zero-order valence-corrected chi connectivity index (χ0v) is 16.6. The number of fused-ring (bicyclic) bond motifs is 6. The van der Waals surface area contributed by atoms with Crippen LogP contribution >= 0.6 is 11.3 Å². The molecule has 0 unspecified atom stereocenters. The van der Waals surface area contributed by atoms with E-state index in [9.17, 15) is 4.79 Å². The van der Waals surface area contributed by atoms with Crippen molar-refractivity contribution in [3.63, 3.8) is 0 Å². The largest absolute Gasteiger partial charge is 0.268 e.